The summed E-state index contributed by atoms with van der Waals surface area (Å²) in [5, 5.41) is 12.8. The molecule has 0 saturated carbocycles. The highest BCUT2D eigenvalue weighted by atomic mass is 19.1. The first kappa shape index (κ1) is 23.2. The number of amides is 3. The number of nitrogens with one attached hydrogen (secondary N) is 3. The van der Waals surface area contributed by atoms with Crippen LogP contribution in [0.15, 0.2) is 67.1 Å². The molecule has 2 aromatic heterocycles. The molecule has 2 aromatic carbocycles. The van der Waals surface area contributed by atoms with Crippen LogP contribution in [0.1, 0.15) is 36.7 Å². The number of hydrogen-bond donors (Lipinski definition) is 3. The van der Waals surface area contributed by atoms with Gasteiger partial charge in [0.05, 0.1) is 16.9 Å². The summed E-state index contributed by atoms with van der Waals surface area (Å²) in [6, 6.07) is 13.0. The summed E-state index contributed by atoms with van der Waals surface area (Å²) in [5.41, 5.74) is 4.32. The van der Waals surface area contributed by atoms with Gasteiger partial charge in [-0.15, -0.1) is 0 Å². The van der Waals surface area contributed by atoms with E-state index in [4.69, 9.17) is 0 Å². The van der Waals surface area contributed by atoms with E-state index in [1.165, 1.54) is 12.1 Å². The third-order valence-corrected chi connectivity index (χ3v) is 5.96. The van der Waals surface area contributed by atoms with E-state index in [-0.39, 0.29) is 17.1 Å². The smallest absolute Gasteiger partial charge is 0.323 e. The zero-order valence-corrected chi connectivity index (χ0v) is 20.1. The van der Waals surface area contributed by atoms with Gasteiger partial charge in [0.2, 0.25) is 0 Å². The third-order valence-electron chi connectivity index (χ3n) is 5.96. The highest BCUT2D eigenvalue weighted by Crippen LogP contribution is 2.32. The van der Waals surface area contributed by atoms with Crippen LogP contribution in [0.2, 0.25) is 0 Å². The lowest BCUT2D eigenvalue weighted by molar-refractivity contribution is 0.0965. The van der Waals surface area contributed by atoms with Gasteiger partial charge in [0.1, 0.15) is 11.5 Å². The number of pyridine rings is 1. The maximum Gasteiger partial charge on any atom is 0.323 e. The molecule has 36 heavy (non-hydrogen) atoms. The second kappa shape index (κ2) is 8.92. The van der Waals surface area contributed by atoms with E-state index in [2.05, 4.69) is 26.0 Å². The predicted molar refractivity (Wildman–Crippen MR) is 136 cm³/mol. The van der Waals surface area contributed by atoms with Crippen molar-refractivity contribution in [3.8, 4) is 22.4 Å². The third kappa shape index (κ3) is 4.43. The van der Waals surface area contributed by atoms with Crippen molar-refractivity contribution in [2.45, 2.75) is 32.9 Å². The molecule has 9 heteroatoms. The Morgan fingerprint density at radius 2 is 1.81 bits per heavy atom. The van der Waals surface area contributed by atoms with Crippen molar-refractivity contribution in [1.29, 1.82) is 0 Å². The minimum absolute atomic E-state index is 0.0316. The molecule has 0 spiro atoms. The van der Waals surface area contributed by atoms with Crippen molar-refractivity contribution >= 4 is 23.3 Å². The van der Waals surface area contributed by atoms with Crippen LogP contribution in [-0.2, 0) is 12.1 Å². The largest absolute Gasteiger partial charge is 0.348 e. The SMILES string of the molecule is CC(C)(C)n1cc(NC(=O)Nc2ccc(-c3cccc4c3CNC4=O)cc2F)c(-c2cccnc2)n1. The number of benzene rings is 2. The molecule has 0 atom stereocenters. The summed E-state index contributed by atoms with van der Waals surface area (Å²) in [5.74, 6) is -0.724. The summed E-state index contributed by atoms with van der Waals surface area (Å²) < 4.78 is 16.8. The number of urea groups is 1. The van der Waals surface area contributed by atoms with Crippen LogP contribution in [-0.4, -0.2) is 26.7 Å². The van der Waals surface area contributed by atoms with Crippen molar-refractivity contribution in [1.82, 2.24) is 20.1 Å². The lowest BCUT2D eigenvalue weighted by Gasteiger charge is -2.18. The molecule has 5 rings (SSSR count). The van der Waals surface area contributed by atoms with Crippen molar-refractivity contribution in [3.05, 3.63) is 84.1 Å². The van der Waals surface area contributed by atoms with E-state index in [0.717, 1.165) is 16.7 Å². The number of rotatable bonds is 4. The van der Waals surface area contributed by atoms with E-state index in [0.29, 0.717) is 29.1 Å². The van der Waals surface area contributed by atoms with Crippen LogP contribution in [0.3, 0.4) is 0 Å². The van der Waals surface area contributed by atoms with Gasteiger partial charge < -0.3 is 16.0 Å². The second-order valence-corrected chi connectivity index (χ2v) is 9.54. The van der Waals surface area contributed by atoms with Gasteiger partial charge in [-0.1, -0.05) is 18.2 Å². The molecule has 0 aliphatic carbocycles. The molecule has 8 nitrogen and oxygen atoms in total. The Labute approximate surface area is 207 Å². The Morgan fingerprint density at radius 3 is 2.53 bits per heavy atom. The monoisotopic (exact) mass is 484 g/mol. The summed E-state index contributed by atoms with van der Waals surface area (Å²) in [6.45, 7) is 6.40. The zero-order chi connectivity index (χ0) is 25.4. The Bertz CT molecular complexity index is 1470. The fourth-order valence-corrected chi connectivity index (χ4v) is 4.11. The predicted octanol–water partition coefficient (Wildman–Crippen LogP) is 5.39. The molecule has 182 valence electrons. The Morgan fingerprint density at radius 1 is 1.03 bits per heavy atom. The summed E-state index contributed by atoms with van der Waals surface area (Å²) >= 11 is 0. The van der Waals surface area contributed by atoms with Gasteiger partial charge in [0.25, 0.3) is 5.91 Å². The molecule has 0 fully saturated rings. The molecule has 1 aliphatic heterocycles. The molecule has 3 heterocycles. The van der Waals surface area contributed by atoms with Gasteiger partial charge in [-0.3, -0.25) is 14.5 Å². The first-order chi connectivity index (χ1) is 17.2. The van der Waals surface area contributed by atoms with Crippen LogP contribution in [0.4, 0.5) is 20.6 Å². The summed E-state index contributed by atoms with van der Waals surface area (Å²) in [7, 11) is 0. The van der Waals surface area contributed by atoms with Gasteiger partial charge in [-0.25, -0.2) is 9.18 Å². The number of hydrogen-bond acceptors (Lipinski definition) is 4. The van der Waals surface area contributed by atoms with E-state index in [1.54, 1.807) is 47.5 Å². The van der Waals surface area contributed by atoms with Crippen LogP contribution in [0.25, 0.3) is 22.4 Å². The molecule has 1 aliphatic rings. The summed E-state index contributed by atoms with van der Waals surface area (Å²) in [6.07, 6.45) is 5.07. The number of aromatic nitrogens is 3. The van der Waals surface area contributed by atoms with E-state index >= 15 is 4.39 Å². The number of fused-ring (bicyclic) bond motifs is 1. The Hall–Kier alpha value is -4.53. The standard InChI is InChI=1S/C27H25FN6O2/c1-27(2,3)34-15-23(24(33-34)17-6-5-11-29-13-17)32-26(36)31-22-10-9-16(12-21(22)28)18-7-4-8-19-20(18)14-30-25(19)35/h4-13,15H,14H2,1-3H3,(H,30,35)(H2,31,32,36). The molecular weight excluding hydrogens is 459 g/mol. The van der Waals surface area contributed by atoms with Gasteiger partial charge in [0.15, 0.2) is 0 Å². The number of nitrogens with zero attached hydrogens (tertiary/aromatic N) is 3. The lowest BCUT2D eigenvalue weighted by Crippen LogP contribution is -2.22. The van der Waals surface area contributed by atoms with Gasteiger partial charge in [0, 0.05) is 36.3 Å². The van der Waals surface area contributed by atoms with Crippen molar-refractivity contribution < 1.29 is 14.0 Å². The van der Waals surface area contributed by atoms with Gasteiger partial charge >= 0.3 is 6.03 Å². The minimum atomic E-state index is -0.601. The second-order valence-electron chi connectivity index (χ2n) is 9.54. The van der Waals surface area contributed by atoms with Crippen LogP contribution < -0.4 is 16.0 Å². The fourth-order valence-electron chi connectivity index (χ4n) is 4.11. The molecule has 4 aromatic rings. The molecule has 3 amide bonds. The zero-order valence-electron chi connectivity index (χ0n) is 20.1. The van der Waals surface area contributed by atoms with E-state index in [1.807, 2.05) is 32.9 Å². The number of carbonyl (C=O) groups excluding carboxylic acids is 2. The van der Waals surface area contributed by atoms with Crippen molar-refractivity contribution in [3.63, 3.8) is 0 Å². The normalized spacial score (nSPS) is 12.7. The first-order valence-electron chi connectivity index (χ1n) is 11.5. The first-order valence-corrected chi connectivity index (χ1v) is 11.5. The average molecular weight is 485 g/mol. The average Bonchev–Trinajstić information content (AvgIpc) is 3.45. The number of anilines is 2. The quantitative estimate of drug-likeness (QED) is 0.361. The lowest BCUT2D eigenvalue weighted by atomic mass is 9.96. The highest BCUT2D eigenvalue weighted by molar-refractivity contribution is 6.02. The van der Waals surface area contributed by atoms with Gasteiger partial charge in [-0.2, -0.15) is 5.10 Å². The van der Waals surface area contributed by atoms with Crippen molar-refractivity contribution in [2.24, 2.45) is 0 Å². The molecule has 0 radical (unpaired) electrons. The topological polar surface area (TPSA) is 101 Å². The van der Waals surface area contributed by atoms with E-state index in [9.17, 15) is 9.59 Å². The minimum Gasteiger partial charge on any atom is -0.348 e. The van der Waals surface area contributed by atoms with Crippen LogP contribution >= 0.6 is 0 Å². The maximum atomic E-state index is 15.0. The molecule has 0 saturated heterocycles. The molecule has 0 unspecified atom stereocenters. The molecule has 0 bridgehead atoms. The summed E-state index contributed by atoms with van der Waals surface area (Å²) in [4.78, 5) is 28.9. The van der Waals surface area contributed by atoms with Gasteiger partial charge in [-0.05, 0) is 67.8 Å². The molecule has 3 N–H and O–H groups in total. The van der Waals surface area contributed by atoms with Crippen LogP contribution in [0, 0.1) is 5.82 Å². The molecular formula is C27H25FN6O2. The highest BCUT2D eigenvalue weighted by Gasteiger charge is 2.23. The van der Waals surface area contributed by atoms with E-state index < -0.39 is 11.8 Å². The Kier molecular flexibility index (Phi) is 5.75. The Balaban J connectivity index is 1.38. The number of halogens is 1. The van der Waals surface area contributed by atoms with Crippen molar-refractivity contribution in [2.75, 3.05) is 10.6 Å². The fraction of sp³-hybridized carbons (Fsp3) is 0.185. The van der Waals surface area contributed by atoms with Crippen LogP contribution in [0.5, 0.6) is 0 Å². The maximum absolute atomic E-state index is 15.0. The number of carbonyl (C=O) groups is 2.